The monoisotopic (exact) mass is 311 g/mol. The first-order valence-corrected chi connectivity index (χ1v) is 7.62. The predicted octanol–water partition coefficient (Wildman–Crippen LogP) is 3.40. The van der Waals surface area contributed by atoms with Gasteiger partial charge in [0.2, 0.25) is 0 Å². The Hall–Kier alpha value is -0.380. The molecule has 1 aromatic rings. The Morgan fingerprint density at radius 1 is 1.50 bits per heavy atom. The van der Waals surface area contributed by atoms with Crippen molar-refractivity contribution in [2.45, 2.75) is 32.2 Å². The van der Waals surface area contributed by atoms with Crippen molar-refractivity contribution in [2.75, 3.05) is 19.8 Å². The van der Waals surface area contributed by atoms with Crippen LogP contribution < -0.4 is 5.32 Å². The van der Waals surface area contributed by atoms with E-state index < -0.39 is 0 Å². The molecule has 0 spiro atoms. The molecule has 0 saturated carbocycles. The second-order valence-corrected chi connectivity index (χ2v) is 5.97. The normalized spacial score (nSPS) is 21.1. The van der Waals surface area contributed by atoms with Gasteiger partial charge in [0.05, 0.1) is 0 Å². The van der Waals surface area contributed by atoms with E-state index in [1.807, 2.05) is 0 Å². The van der Waals surface area contributed by atoms with Crippen LogP contribution in [-0.2, 0) is 11.2 Å². The van der Waals surface area contributed by atoms with Crippen LogP contribution in [0, 0.1) is 5.92 Å². The van der Waals surface area contributed by atoms with Crippen molar-refractivity contribution in [2.24, 2.45) is 5.92 Å². The molecule has 2 nitrogen and oxygen atoms in total. The molecule has 1 fully saturated rings. The van der Waals surface area contributed by atoms with Crippen molar-refractivity contribution >= 4 is 15.9 Å². The number of rotatable bonds is 6. The third kappa shape index (κ3) is 4.38. The summed E-state index contributed by atoms with van der Waals surface area (Å²) in [6.45, 7) is 5.10. The predicted molar refractivity (Wildman–Crippen MR) is 78.9 cm³/mol. The zero-order valence-corrected chi connectivity index (χ0v) is 12.6. The molecule has 100 valence electrons. The molecule has 1 aliphatic rings. The fourth-order valence-electron chi connectivity index (χ4n) is 2.65. The summed E-state index contributed by atoms with van der Waals surface area (Å²) in [4.78, 5) is 0. The molecule has 0 bridgehead atoms. The minimum absolute atomic E-state index is 0.566. The lowest BCUT2D eigenvalue weighted by atomic mass is 9.94. The maximum absolute atomic E-state index is 5.47. The van der Waals surface area contributed by atoms with E-state index in [2.05, 4.69) is 52.4 Å². The Labute approximate surface area is 118 Å². The standard InChI is InChI=1S/C15H22BrNO/c1-2-17-15(10-13-6-7-18-11-13)9-12-4-3-5-14(16)8-12/h3-5,8,13,15,17H,2,6-7,9-11H2,1H3. The van der Waals surface area contributed by atoms with E-state index in [4.69, 9.17) is 4.74 Å². The van der Waals surface area contributed by atoms with Crippen molar-refractivity contribution < 1.29 is 4.74 Å². The second-order valence-electron chi connectivity index (χ2n) is 5.05. The van der Waals surface area contributed by atoms with E-state index >= 15 is 0 Å². The number of likely N-dealkylation sites (N-methyl/N-ethyl adjacent to an activating group) is 1. The molecule has 3 heteroatoms. The summed E-state index contributed by atoms with van der Waals surface area (Å²) in [6.07, 6.45) is 3.55. The van der Waals surface area contributed by atoms with Gasteiger partial charge in [-0.15, -0.1) is 0 Å². The SMILES string of the molecule is CCNC(Cc1cccc(Br)c1)CC1CCOC1. The number of ether oxygens (including phenoxy) is 1. The second kappa shape index (κ2) is 7.27. The van der Waals surface area contributed by atoms with Crippen molar-refractivity contribution in [1.82, 2.24) is 5.32 Å². The van der Waals surface area contributed by atoms with Gasteiger partial charge < -0.3 is 10.1 Å². The third-order valence-corrected chi connectivity index (χ3v) is 4.00. The van der Waals surface area contributed by atoms with E-state index in [0.717, 1.165) is 32.1 Å². The molecule has 2 atom stereocenters. The van der Waals surface area contributed by atoms with E-state index in [1.165, 1.54) is 22.9 Å². The average molecular weight is 312 g/mol. The molecule has 18 heavy (non-hydrogen) atoms. The first-order valence-electron chi connectivity index (χ1n) is 6.83. The van der Waals surface area contributed by atoms with Gasteiger partial charge in [0.25, 0.3) is 0 Å². The van der Waals surface area contributed by atoms with Crippen molar-refractivity contribution in [1.29, 1.82) is 0 Å². The van der Waals surface area contributed by atoms with Crippen molar-refractivity contribution in [3.63, 3.8) is 0 Å². The molecule has 1 aromatic carbocycles. The molecular formula is C15H22BrNO. The van der Waals surface area contributed by atoms with Gasteiger partial charge in [0, 0.05) is 23.7 Å². The van der Waals surface area contributed by atoms with Crippen LogP contribution in [0.4, 0.5) is 0 Å². The van der Waals surface area contributed by atoms with Gasteiger partial charge in [-0.25, -0.2) is 0 Å². The lowest BCUT2D eigenvalue weighted by Gasteiger charge is -2.21. The molecule has 0 aliphatic carbocycles. The van der Waals surface area contributed by atoms with Gasteiger partial charge in [-0.1, -0.05) is 35.0 Å². The number of hydrogen-bond donors (Lipinski definition) is 1. The Kier molecular flexibility index (Phi) is 5.67. The highest BCUT2D eigenvalue weighted by Crippen LogP contribution is 2.21. The van der Waals surface area contributed by atoms with E-state index in [-0.39, 0.29) is 0 Å². The quantitative estimate of drug-likeness (QED) is 0.869. The summed E-state index contributed by atoms with van der Waals surface area (Å²) in [5.41, 5.74) is 1.40. The number of benzene rings is 1. The topological polar surface area (TPSA) is 21.3 Å². The third-order valence-electron chi connectivity index (χ3n) is 3.51. The van der Waals surface area contributed by atoms with E-state index in [1.54, 1.807) is 0 Å². The summed E-state index contributed by atoms with van der Waals surface area (Å²) in [6, 6.07) is 9.18. The molecule has 1 aliphatic heterocycles. The zero-order valence-electron chi connectivity index (χ0n) is 11.0. The fraction of sp³-hybridized carbons (Fsp3) is 0.600. The van der Waals surface area contributed by atoms with Gasteiger partial charge in [-0.05, 0) is 49.4 Å². The Bertz CT molecular complexity index is 363. The van der Waals surface area contributed by atoms with Gasteiger partial charge in [-0.3, -0.25) is 0 Å². The lowest BCUT2D eigenvalue weighted by Crippen LogP contribution is -2.33. The molecule has 0 aromatic heterocycles. The largest absolute Gasteiger partial charge is 0.381 e. The smallest absolute Gasteiger partial charge is 0.0495 e. The van der Waals surface area contributed by atoms with Gasteiger partial charge in [-0.2, -0.15) is 0 Å². The van der Waals surface area contributed by atoms with Crippen LogP contribution in [0.1, 0.15) is 25.3 Å². The van der Waals surface area contributed by atoms with Gasteiger partial charge >= 0.3 is 0 Å². The molecule has 0 radical (unpaired) electrons. The summed E-state index contributed by atoms with van der Waals surface area (Å²) in [7, 11) is 0. The van der Waals surface area contributed by atoms with Crippen LogP contribution in [0.25, 0.3) is 0 Å². The molecule has 0 amide bonds. The summed E-state index contributed by atoms with van der Waals surface area (Å²) < 4.78 is 6.64. The van der Waals surface area contributed by atoms with Crippen LogP contribution in [-0.4, -0.2) is 25.8 Å². The van der Waals surface area contributed by atoms with Crippen LogP contribution in [0.3, 0.4) is 0 Å². The maximum Gasteiger partial charge on any atom is 0.0495 e. The van der Waals surface area contributed by atoms with E-state index in [0.29, 0.717) is 6.04 Å². The molecule has 1 heterocycles. The Morgan fingerprint density at radius 3 is 3.06 bits per heavy atom. The number of hydrogen-bond acceptors (Lipinski definition) is 2. The maximum atomic E-state index is 5.47. The van der Waals surface area contributed by atoms with E-state index in [9.17, 15) is 0 Å². The van der Waals surface area contributed by atoms with Crippen LogP contribution in [0.2, 0.25) is 0 Å². The van der Waals surface area contributed by atoms with Gasteiger partial charge in [0.15, 0.2) is 0 Å². The van der Waals surface area contributed by atoms with Crippen molar-refractivity contribution in [3.8, 4) is 0 Å². The van der Waals surface area contributed by atoms with Crippen LogP contribution >= 0.6 is 15.9 Å². The highest BCUT2D eigenvalue weighted by atomic mass is 79.9. The van der Waals surface area contributed by atoms with Gasteiger partial charge in [0.1, 0.15) is 0 Å². The highest BCUT2D eigenvalue weighted by Gasteiger charge is 2.20. The lowest BCUT2D eigenvalue weighted by molar-refractivity contribution is 0.181. The molecule has 2 unspecified atom stereocenters. The Balaban J connectivity index is 1.92. The molecular weight excluding hydrogens is 290 g/mol. The summed E-state index contributed by atoms with van der Waals surface area (Å²) in [5.74, 6) is 0.737. The number of nitrogens with one attached hydrogen (secondary N) is 1. The average Bonchev–Trinajstić information content (AvgIpc) is 2.82. The number of halogens is 1. The summed E-state index contributed by atoms with van der Waals surface area (Å²) in [5, 5.41) is 3.61. The molecule has 2 rings (SSSR count). The molecule has 1 N–H and O–H groups in total. The zero-order chi connectivity index (χ0) is 12.8. The Morgan fingerprint density at radius 2 is 2.39 bits per heavy atom. The van der Waals surface area contributed by atoms with Crippen LogP contribution in [0.15, 0.2) is 28.7 Å². The molecule has 1 saturated heterocycles. The minimum atomic E-state index is 0.566. The first kappa shape index (κ1) is 14.0. The highest BCUT2D eigenvalue weighted by molar-refractivity contribution is 9.10. The van der Waals surface area contributed by atoms with Crippen molar-refractivity contribution in [3.05, 3.63) is 34.3 Å². The fourth-order valence-corrected chi connectivity index (χ4v) is 3.09. The minimum Gasteiger partial charge on any atom is -0.381 e. The van der Waals surface area contributed by atoms with Crippen LogP contribution in [0.5, 0.6) is 0 Å². The first-order chi connectivity index (χ1) is 8.78. The summed E-state index contributed by atoms with van der Waals surface area (Å²) >= 11 is 3.54.